The SMILES string of the molecule is COC(=O)C1CC2(CCN(Cc3cc(=O)oc4c(C)cc(C)cc34)CC2)CN1.Cl.Cl. The van der Waals surface area contributed by atoms with Gasteiger partial charge in [-0.25, -0.2) is 4.79 Å². The molecule has 2 aromatic rings. The average molecular weight is 457 g/mol. The van der Waals surface area contributed by atoms with Crippen molar-refractivity contribution in [3.63, 3.8) is 0 Å². The number of hydrogen-bond donors (Lipinski definition) is 1. The number of carbonyl (C=O) groups excluding carboxylic acids is 1. The van der Waals surface area contributed by atoms with Crippen LogP contribution in [0.5, 0.6) is 0 Å². The number of methoxy groups -OCH3 is 1. The van der Waals surface area contributed by atoms with Gasteiger partial charge in [0.05, 0.1) is 7.11 Å². The molecule has 0 bridgehead atoms. The number of nitrogens with one attached hydrogen (secondary N) is 1. The predicted molar refractivity (Wildman–Crippen MR) is 122 cm³/mol. The van der Waals surface area contributed by atoms with Crippen LogP contribution in [0.2, 0.25) is 0 Å². The maximum Gasteiger partial charge on any atom is 0.336 e. The highest BCUT2D eigenvalue weighted by Gasteiger charge is 2.43. The van der Waals surface area contributed by atoms with Gasteiger partial charge >= 0.3 is 11.6 Å². The van der Waals surface area contributed by atoms with E-state index in [1.165, 1.54) is 12.7 Å². The first-order chi connectivity index (χ1) is 13.4. The summed E-state index contributed by atoms with van der Waals surface area (Å²) in [6.45, 7) is 7.59. The first-order valence-electron chi connectivity index (χ1n) is 9.97. The second kappa shape index (κ2) is 9.69. The first kappa shape index (κ1) is 24.7. The number of rotatable bonds is 3. The molecule has 0 amide bonds. The van der Waals surface area contributed by atoms with Crippen LogP contribution in [0.1, 0.15) is 36.0 Å². The summed E-state index contributed by atoms with van der Waals surface area (Å²) in [6, 6.07) is 5.61. The zero-order valence-corrected chi connectivity index (χ0v) is 19.3. The van der Waals surface area contributed by atoms with Crippen LogP contribution < -0.4 is 10.9 Å². The molecule has 8 heteroatoms. The van der Waals surface area contributed by atoms with Crippen molar-refractivity contribution in [1.82, 2.24) is 10.2 Å². The lowest BCUT2D eigenvalue weighted by Crippen LogP contribution is -2.40. The lowest BCUT2D eigenvalue weighted by molar-refractivity contribution is -0.142. The fraction of sp³-hybridized carbons (Fsp3) is 0.545. The van der Waals surface area contributed by atoms with Crippen LogP contribution in [0.3, 0.4) is 0 Å². The van der Waals surface area contributed by atoms with E-state index < -0.39 is 0 Å². The monoisotopic (exact) mass is 456 g/mol. The molecule has 2 saturated heterocycles. The molecule has 0 saturated carbocycles. The smallest absolute Gasteiger partial charge is 0.336 e. The summed E-state index contributed by atoms with van der Waals surface area (Å²) >= 11 is 0. The summed E-state index contributed by atoms with van der Waals surface area (Å²) in [7, 11) is 1.45. The Bertz CT molecular complexity index is 967. The normalized spacial score (nSPS) is 20.6. The molecule has 2 aliphatic rings. The van der Waals surface area contributed by atoms with E-state index in [1.54, 1.807) is 6.07 Å². The molecular formula is C22H30Cl2N2O4. The number of ether oxygens (including phenoxy) is 1. The van der Waals surface area contributed by atoms with Crippen molar-refractivity contribution in [3.8, 4) is 0 Å². The highest BCUT2D eigenvalue weighted by atomic mass is 35.5. The van der Waals surface area contributed by atoms with E-state index in [-0.39, 0.29) is 47.9 Å². The zero-order valence-electron chi connectivity index (χ0n) is 17.7. The van der Waals surface area contributed by atoms with Gasteiger partial charge < -0.3 is 14.5 Å². The van der Waals surface area contributed by atoms with Gasteiger partial charge in [-0.05, 0) is 74.4 Å². The average Bonchev–Trinajstić information content (AvgIpc) is 3.08. The summed E-state index contributed by atoms with van der Waals surface area (Å²) in [6.07, 6.45) is 2.94. The number of piperidine rings is 1. The third kappa shape index (κ3) is 4.83. The molecule has 1 atom stereocenters. The minimum atomic E-state index is -0.288. The topological polar surface area (TPSA) is 71.8 Å². The molecule has 2 fully saturated rings. The molecule has 2 aliphatic heterocycles. The van der Waals surface area contributed by atoms with E-state index in [4.69, 9.17) is 9.15 Å². The standard InChI is InChI=1S/C22H28N2O4.2ClH/c1-14-8-15(2)20-17(9-14)16(10-19(25)28-20)12-24-6-4-22(5-7-24)11-18(23-13-22)21(26)27-3;;/h8-10,18,23H,4-7,11-13H2,1-3H3;2*1H. The molecule has 30 heavy (non-hydrogen) atoms. The van der Waals surface area contributed by atoms with Crippen molar-refractivity contribution in [2.24, 2.45) is 5.41 Å². The van der Waals surface area contributed by atoms with Crippen molar-refractivity contribution in [2.45, 2.75) is 45.7 Å². The number of carbonyl (C=O) groups is 1. The van der Waals surface area contributed by atoms with Crippen LogP contribution in [-0.2, 0) is 16.1 Å². The fourth-order valence-corrected chi connectivity index (χ4v) is 4.84. The van der Waals surface area contributed by atoms with Crippen LogP contribution in [0.15, 0.2) is 27.4 Å². The van der Waals surface area contributed by atoms with Crippen molar-refractivity contribution in [2.75, 3.05) is 26.7 Å². The largest absolute Gasteiger partial charge is 0.468 e. The molecule has 3 heterocycles. The molecule has 0 aliphatic carbocycles. The van der Waals surface area contributed by atoms with E-state index in [9.17, 15) is 9.59 Å². The number of nitrogens with zero attached hydrogens (tertiary/aromatic N) is 1. The molecule has 166 valence electrons. The summed E-state index contributed by atoms with van der Waals surface area (Å²) in [5, 5.41) is 4.36. The van der Waals surface area contributed by atoms with Gasteiger partial charge in [-0.15, -0.1) is 24.8 Å². The molecule has 4 rings (SSSR count). The predicted octanol–water partition coefficient (Wildman–Crippen LogP) is 3.37. The van der Waals surface area contributed by atoms with Crippen LogP contribution >= 0.6 is 24.8 Å². The van der Waals surface area contributed by atoms with E-state index in [1.807, 2.05) is 13.0 Å². The molecule has 0 radical (unpaired) electrons. The Balaban J connectivity index is 0.00000160. The number of hydrogen-bond acceptors (Lipinski definition) is 6. The first-order valence-corrected chi connectivity index (χ1v) is 9.97. The van der Waals surface area contributed by atoms with Crippen LogP contribution in [-0.4, -0.2) is 43.7 Å². The maximum atomic E-state index is 12.1. The second-order valence-electron chi connectivity index (χ2n) is 8.49. The van der Waals surface area contributed by atoms with E-state index in [2.05, 4.69) is 23.2 Å². The summed E-state index contributed by atoms with van der Waals surface area (Å²) in [5.41, 5.74) is 3.79. The number of benzene rings is 1. The number of fused-ring (bicyclic) bond motifs is 1. The third-order valence-corrected chi connectivity index (χ3v) is 6.42. The Morgan fingerprint density at radius 3 is 2.60 bits per heavy atom. The van der Waals surface area contributed by atoms with Gasteiger partial charge in [0.25, 0.3) is 0 Å². The second-order valence-corrected chi connectivity index (χ2v) is 8.49. The highest BCUT2D eigenvalue weighted by Crippen LogP contribution is 2.40. The van der Waals surface area contributed by atoms with Gasteiger partial charge in [-0.2, -0.15) is 0 Å². The molecule has 1 aromatic heterocycles. The molecule has 1 unspecified atom stereocenters. The van der Waals surface area contributed by atoms with Gasteiger partial charge in [-0.1, -0.05) is 6.07 Å². The summed E-state index contributed by atoms with van der Waals surface area (Å²) < 4.78 is 10.4. The van der Waals surface area contributed by atoms with Crippen molar-refractivity contribution < 1.29 is 13.9 Å². The Kier molecular flexibility index (Phi) is 7.97. The van der Waals surface area contributed by atoms with Gasteiger partial charge in [0.1, 0.15) is 11.6 Å². The van der Waals surface area contributed by atoms with E-state index in [0.717, 1.165) is 62.0 Å². The Labute approximate surface area is 189 Å². The lowest BCUT2D eigenvalue weighted by Gasteiger charge is -2.39. The van der Waals surface area contributed by atoms with E-state index in [0.29, 0.717) is 5.58 Å². The quantitative estimate of drug-likeness (QED) is 0.563. The Morgan fingerprint density at radius 2 is 1.93 bits per heavy atom. The molecular weight excluding hydrogens is 427 g/mol. The van der Waals surface area contributed by atoms with Crippen molar-refractivity contribution in [1.29, 1.82) is 0 Å². The molecule has 1 N–H and O–H groups in total. The van der Waals surface area contributed by atoms with Crippen LogP contribution in [0, 0.1) is 19.3 Å². The summed E-state index contributed by atoms with van der Waals surface area (Å²) in [4.78, 5) is 26.3. The number of aryl methyl sites for hydroxylation is 2. The third-order valence-electron chi connectivity index (χ3n) is 6.42. The van der Waals surface area contributed by atoms with Gasteiger partial charge in [0.2, 0.25) is 0 Å². The Morgan fingerprint density at radius 1 is 1.23 bits per heavy atom. The number of likely N-dealkylation sites (tertiary alicyclic amines) is 1. The molecule has 1 aromatic carbocycles. The zero-order chi connectivity index (χ0) is 19.9. The Hall–Kier alpha value is -1.60. The van der Waals surface area contributed by atoms with Crippen molar-refractivity contribution >= 4 is 41.8 Å². The molecule has 1 spiro atoms. The summed E-state index contributed by atoms with van der Waals surface area (Å²) in [5.74, 6) is -0.160. The molecule has 6 nitrogen and oxygen atoms in total. The van der Waals surface area contributed by atoms with Gasteiger partial charge in [0.15, 0.2) is 0 Å². The van der Waals surface area contributed by atoms with Crippen LogP contribution in [0.4, 0.5) is 0 Å². The lowest BCUT2D eigenvalue weighted by atomic mass is 9.76. The minimum Gasteiger partial charge on any atom is -0.468 e. The van der Waals surface area contributed by atoms with Crippen molar-refractivity contribution in [3.05, 3.63) is 45.3 Å². The van der Waals surface area contributed by atoms with Crippen LogP contribution in [0.25, 0.3) is 11.0 Å². The fourth-order valence-electron chi connectivity index (χ4n) is 4.84. The van der Waals surface area contributed by atoms with E-state index >= 15 is 0 Å². The van der Waals surface area contributed by atoms with Gasteiger partial charge in [0, 0.05) is 24.5 Å². The maximum absolute atomic E-state index is 12.1. The minimum absolute atomic E-state index is 0. The highest BCUT2D eigenvalue weighted by molar-refractivity contribution is 5.85. The van der Waals surface area contributed by atoms with Gasteiger partial charge in [-0.3, -0.25) is 9.69 Å². The number of halogens is 2. The number of esters is 1.